The van der Waals surface area contributed by atoms with E-state index in [1.54, 1.807) is 12.1 Å². The molecule has 1 unspecified atom stereocenters. The molecule has 2 amide bonds. The number of amides is 2. The predicted molar refractivity (Wildman–Crippen MR) is 136 cm³/mol. The third kappa shape index (κ3) is 8.56. The summed E-state index contributed by atoms with van der Waals surface area (Å²) in [5.74, 6) is 0.248. The number of hydrogen-bond acceptors (Lipinski definition) is 6. The van der Waals surface area contributed by atoms with Gasteiger partial charge in [-0.3, -0.25) is 9.69 Å². The van der Waals surface area contributed by atoms with E-state index in [2.05, 4.69) is 26.0 Å². The zero-order valence-electron chi connectivity index (χ0n) is 21.5. The van der Waals surface area contributed by atoms with E-state index in [0.29, 0.717) is 31.7 Å². The molecular formula is C27H39N3O5. The summed E-state index contributed by atoms with van der Waals surface area (Å²) < 4.78 is 16.5. The van der Waals surface area contributed by atoms with Crippen LogP contribution in [0.3, 0.4) is 0 Å². The minimum Gasteiger partial charge on any atom is -0.468 e. The molecule has 8 nitrogen and oxygen atoms in total. The Hall–Kier alpha value is -3.10. The van der Waals surface area contributed by atoms with Crippen LogP contribution in [0.2, 0.25) is 0 Å². The van der Waals surface area contributed by atoms with Gasteiger partial charge in [0, 0.05) is 13.0 Å². The minimum absolute atomic E-state index is 0.107. The van der Waals surface area contributed by atoms with E-state index in [0.717, 1.165) is 11.1 Å². The number of aryl methyl sites for hydroxylation is 2. The Morgan fingerprint density at radius 1 is 1.03 bits per heavy atom. The van der Waals surface area contributed by atoms with Gasteiger partial charge in [-0.1, -0.05) is 37.3 Å². The van der Waals surface area contributed by atoms with Crippen LogP contribution in [-0.2, 0) is 27.2 Å². The third-order valence-electron chi connectivity index (χ3n) is 5.84. The van der Waals surface area contributed by atoms with Gasteiger partial charge in [0.15, 0.2) is 13.0 Å². The van der Waals surface area contributed by atoms with E-state index in [1.807, 2.05) is 39.0 Å². The van der Waals surface area contributed by atoms with Gasteiger partial charge < -0.3 is 25.7 Å². The number of ether oxygens (including phenoxy) is 3. The lowest BCUT2D eigenvalue weighted by Crippen LogP contribution is -2.46. The average Bonchev–Trinajstić information content (AvgIpc) is 2.81. The molecule has 0 aliphatic carbocycles. The molecule has 0 saturated heterocycles. The standard InChI is InChI=1S/C27H39N3O5/c1-6-24(35-25(31)27(4,5)16-22-8-7-19(2)20(3)15-22)30(26(29)32)17-21-9-11-23(12-10-21)34-18-33-14-13-28/h7-12,15,24H,6,13-14,16-18,28H2,1-5H3,(H2,29,32). The highest BCUT2D eigenvalue weighted by Crippen LogP contribution is 2.27. The highest BCUT2D eigenvalue weighted by Gasteiger charge is 2.34. The molecule has 0 aliphatic heterocycles. The summed E-state index contributed by atoms with van der Waals surface area (Å²) in [7, 11) is 0. The van der Waals surface area contributed by atoms with Gasteiger partial charge in [0.05, 0.1) is 18.6 Å². The van der Waals surface area contributed by atoms with Crippen molar-refractivity contribution < 1.29 is 23.8 Å². The van der Waals surface area contributed by atoms with Crippen molar-refractivity contribution in [3.63, 3.8) is 0 Å². The molecule has 0 heterocycles. The summed E-state index contributed by atoms with van der Waals surface area (Å²) in [6.07, 6.45) is 0.157. The molecule has 2 aromatic rings. The van der Waals surface area contributed by atoms with Gasteiger partial charge in [-0.05, 0) is 68.5 Å². The SMILES string of the molecule is CCC(OC(=O)C(C)(C)Cc1ccc(C)c(C)c1)N(Cc1ccc(OCOCCN)cc1)C(N)=O. The Labute approximate surface area is 208 Å². The second-order valence-electron chi connectivity index (χ2n) is 9.32. The molecule has 0 aliphatic rings. The first kappa shape index (κ1) is 28.1. The van der Waals surface area contributed by atoms with Gasteiger partial charge in [0.25, 0.3) is 0 Å². The first-order chi connectivity index (χ1) is 16.6. The number of nitrogens with zero attached hydrogens (tertiary/aromatic N) is 1. The number of carbonyl (C=O) groups excluding carboxylic acids is 2. The van der Waals surface area contributed by atoms with Crippen LogP contribution in [0, 0.1) is 19.3 Å². The van der Waals surface area contributed by atoms with Crippen molar-refractivity contribution in [1.29, 1.82) is 0 Å². The Morgan fingerprint density at radius 3 is 2.26 bits per heavy atom. The number of urea groups is 1. The molecule has 0 radical (unpaired) electrons. The second-order valence-corrected chi connectivity index (χ2v) is 9.32. The van der Waals surface area contributed by atoms with Gasteiger partial charge >= 0.3 is 12.0 Å². The fraction of sp³-hybridized carbons (Fsp3) is 0.481. The number of nitrogens with two attached hydrogens (primary N) is 2. The lowest BCUT2D eigenvalue weighted by atomic mass is 9.85. The van der Waals surface area contributed by atoms with Gasteiger partial charge in [0.2, 0.25) is 0 Å². The first-order valence-electron chi connectivity index (χ1n) is 11.9. The third-order valence-corrected chi connectivity index (χ3v) is 5.84. The molecule has 192 valence electrons. The summed E-state index contributed by atoms with van der Waals surface area (Å²) in [4.78, 5) is 26.8. The number of benzene rings is 2. The maximum absolute atomic E-state index is 13.1. The maximum atomic E-state index is 13.1. The second kappa shape index (κ2) is 13.1. The Balaban J connectivity index is 2.05. The molecule has 0 saturated carbocycles. The van der Waals surface area contributed by atoms with Crippen molar-refractivity contribution in [2.75, 3.05) is 19.9 Å². The largest absolute Gasteiger partial charge is 0.468 e. The van der Waals surface area contributed by atoms with E-state index in [1.165, 1.54) is 16.0 Å². The quantitative estimate of drug-likeness (QED) is 0.251. The van der Waals surface area contributed by atoms with Gasteiger partial charge in [-0.25, -0.2) is 4.79 Å². The van der Waals surface area contributed by atoms with Gasteiger partial charge in [-0.2, -0.15) is 0 Å². The van der Waals surface area contributed by atoms with Crippen LogP contribution < -0.4 is 16.2 Å². The monoisotopic (exact) mass is 485 g/mol. The van der Waals surface area contributed by atoms with Crippen molar-refractivity contribution in [3.05, 3.63) is 64.7 Å². The van der Waals surface area contributed by atoms with Gasteiger partial charge in [0.1, 0.15) is 5.75 Å². The molecule has 4 N–H and O–H groups in total. The summed E-state index contributed by atoms with van der Waals surface area (Å²) >= 11 is 0. The van der Waals surface area contributed by atoms with Crippen molar-refractivity contribution in [1.82, 2.24) is 4.90 Å². The first-order valence-corrected chi connectivity index (χ1v) is 11.9. The molecule has 8 heteroatoms. The van der Waals surface area contributed by atoms with Crippen LogP contribution in [0.1, 0.15) is 49.4 Å². The summed E-state index contributed by atoms with van der Waals surface area (Å²) in [6, 6.07) is 12.7. The van der Waals surface area contributed by atoms with E-state index in [4.69, 9.17) is 25.7 Å². The smallest absolute Gasteiger partial charge is 0.317 e. The van der Waals surface area contributed by atoms with E-state index in [9.17, 15) is 9.59 Å². The predicted octanol–water partition coefficient (Wildman–Crippen LogP) is 4.04. The molecule has 2 rings (SSSR count). The van der Waals surface area contributed by atoms with Crippen molar-refractivity contribution in [2.24, 2.45) is 16.9 Å². The average molecular weight is 486 g/mol. The van der Waals surface area contributed by atoms with E-state index in [-0.39, 0.29) is 19.3 Å². The number of esters is 1. The van der Waals surface area contributed by atoms with Crippen molar-refractivity contribution >= 4 is 12.0 Å². The molecule has 2 aromatic carbocycles. The van der Waals surface area contributed by atoms with Crippen LogP contribution in [0.4, 0.5) is 4.79 Å². The lowest BCUT2D eigenvalue weighted by molar-refractivity contribution is -0.167. The number of primary amides is 1. The number of carbonyl (C=O) groups is 2. The van der Waals surface area contributed by atoms with E-state index >= 15 is 0 Å². The molecule has 0 fully saturated rings. The van der Waals surface area contributed by atoms with Crippen LogP contribution in [0.5, 0.6) is 5.75 Å². The topological polar surface area (TPSA) is 117 Å². The molecule has 0 spiro atoms. The number of hydrogen-bond donors (Lipinski definition) is 2. The normalized spacial score (nSPS) is 12.2. The maximum Gasteiger partial charge on any atom is 0.317 e. The van der Waals surface area contributed by atoms with Crippen LogP contribution in [0.15, 0.2) is 42.5 Å². The highest BCUT2D eigenvalue weighted by atomic mass is 16.7. The summed E-state index contributed by atoms with van der Waals surface area (Å²) in [6.45, 7) is 10.8. The molecule has 0 aromatic heterocycles. The minimum atomic E-state index is -0.778. The summed E-state index contributed by atoms with van der Waals surface area (Å²) in [5.41, 5.74) is 14.5. The Kier molecular flexibility index (Phi) is 10.5. The summed E-state index contributed by atoms with van der Waals surface area (Å²) in [5, 5.41) is 0. The fourth-order valence-corrected chi connectivity index (χ4v) is 3.61. The lowest BCUT2D eigenvalue weighted by Gasteiger charge is -2.32. The molecule has 0 bridgehead atoms. The molecule has 1 atom stereocenters. The zero-order valence-corrected chi connectivity index (χ0v) is 21.5. The Morgan fingerprint density at radius 2 is 1.69 bits per heavy atom. The van der Waals surface area contributed by atoms with Crippen molar-refractivity contribution in [2.45, 2.75) is 60.2 Å². The van der Waals surface area contributed by atoms with E-state index < -0.39 is 17.7 Å². The fourth-order valence-electron chi connectivity index (χ4n) is 3.61. The highest BCUT2D eigenvalue weighted by molar-refractivity contribution is 5.77. The molecular weight excluding hydrogens is 446 g/mol. The Bertz CT molecular complexity index is 975. The van der Waals surface area contributed by atoms with Crippen LogP contribution in [0.25, 0.3) is 0 Å². The van der Waals surface area contributed by atoms with Crippen LogP contribution >= 0.6 is 0 Å². The van der Waals surface area contributed by atoms with Crippen molar-refractivity contribution in [3.8, 4) is 5.75 Å². The van der Waals surface area contributed by atoms with Crippen LogP contribution in [-0.4, -0.2) is 43.1 Å². The van der Waals surface area contributed by atoms with Gasteiger partial charge in [-0.15, -0.1) is 0 Å². The molecule has 35 heavy (non-hydrogen) atoms. The number of rotatable bonds is 13. The zero-order chi connectivity index (χ0) is 26.0.